The Kier molecular flexibility index (Phi) is 2.93. The summed E-state index contributed by atoms with van der Waals surface area (Å²) < 4.78 is 0. The molecular weight excluding hydrogens is 236 g/mol. The van der Waals surface area contributed by atoms with E-state index >= 15 is 0 Å². The van der Waals surface area contributed by atoms with Crippen LogP contribution in [0.4, 0.5) is 11.9 Å². The summed E-state index contributed by atoms with van der Waals surface area (Å²) in [6.45, 7) is 0.588. The number of nitrogens with one attached hydrogen (secondary N) is 1. The van der Waals surface area contributed by atoms with Crippen molar-refractivity contribution < 1.29 is 0 Å². The molecule has 78 valence electrons. The molecule has 2 heterocycles. The average molecular weight is 243 g/mol. The maximum atomic E-state index is 5.62. The summed E-state index contributed by atoms with van der Waals surface area (Å²) in [4.78, 5) is 16.4. The van der Waals surface area contributed by atoms with Gasteiger partial charge in [0.2, 0.25) is 17.2 Å². The van der Waals surface area contributed by atoms with Crippen LogP contribution < -0.4 is 11.1 Å². The number of nitrogens with two attached hydrogens (primary N) is 1. The second kappa shape index (κ2) is 4.37. The van der Waals surface area contributed by atoms with E-state index < -0.39 is 0 Å². The second-order valence-corrected chi connectivity index (χ2v) is 3.92. The van der Waals surface area contributed by atoms with Crippen LogP contribution in [0, 0.1) is 0 Å². The Morgan fingerprint density at radius 1 is 1.40 bits per heavy atom. The van der Waals surface area contributed by atoms with Gasteiger partial charge in [-0.2, -0.15) is 15.0 Å². The minimum atomic E-state index is 0.0781. The highest BCUT2D eigenvalue weighted by atomic mass is 35.5. The summed E-state index contributed by atoms with van der Waals surface area (Å²) in [5.41, 5.74) is 7.17. The van der Waals surface area contributed by atoms with Crippen molar-refractivity contribution in [3.63, 3.8) is 0 Å². The fourth-order valence-corrected chi connectivity index (χ4v) is 1.64. The lowest BCUT2D eigenvalue weighted by Crippen LogP contribution is -2.06. The highest BCUT2D eigenvalue weighted by Crippen LogP contribution is 2.10. The molecule has 0 aliphatic carbocycles. The highest BCUT2D eigenvalue weighted by Gasteiger charge is 2.02. The lowest BCUT2D eigenvalue weighted by atomic mass is 10.5. The standard InChI is InChI=1S/C7H7ClN6S/c8-5-12-6(9)14-7(13-5)11-2-4-1-10-3-15-4/h1,3H,2H2,(H3,9,11,12,13,14). The van der Waals surface area contributed by atoms with Crippen LogP contribution in [-0.4, -0.2) is 19.9 Å². The summed E-state index contributed by atoms with van der Waals surface area (Å²) in [6, 6.07) is 0. The number of thiazole rings is 1. The third-order valence-electron chi connectivity index (χ3n) is 1.53. The lowest BCUT2D eigenvalue weighted by molar-refractivity contribution is 1.02. The number of hydrogen-bond acceptors (Lipinski definition) is 7. The summed E-state index contributed by atoms with van der Waals surface area (Å²) in [7, 11) is 0. The Labute approximate surface area is 94.6 Å². The third-order valence-corrected chi connectivity index (χ3v) is 2.48. The first-order valence-corrected chi connectivity index (χ1v) is 5.28. The van der Waals surface area contributed by atoms with Crippen LogP contribution in [0.2, 0.25) is 5.28 Å². The van der Waals surface area contributed by atoms with Crippen LogP contribution in [-0.2, 0) is 6.54 Å². The lowest BCUT2D eigenvalue weighted by Gasteiger charge is -2.02. The van der Waals surface area contributed by atoms with Gasteiger partial charge >= 0.3 is 0 Å². The van der Waals surface area contributed by atoms with Gasteiger partial charge in [0.25, 0.3) is 0 Å². The third kappa shape index (κ3) is 2.74. The molecule has 0 bridgehead atoms. The molecule has 2 rings (SSSR count). The van der Waals surface area contributed by atoms with Crippen molar-refractivity contribution in [2.24, 2.45) is 0 Å². The minimum Gasteiger partial charge on any atom is -0.368 e. The smallest absolute Gasteiger partial charge is 0.229 e. The molecule has 6 nitrogen and oxygen atoms in total. The van der Waals surface area contributed by atoms with E-state index in [9.17, 15) is 0 Å². The predicted molar refractivity (Wildman–Crippen MR) is 58.7 cm³/mol. The van der Waals surface area contributed by atoms with Gasteiger partial charge in [-0.25, -0.2) is 0 Å². The molecule has 0 aromatic carbocycles. The van der Waals surface area contributed by atoms with Gasteiger partial charge in [-0.1, -0.05) is 0 Å². The normalized spacial score (nSPS) is 10.2. The van der Waals surface area contributed by atoms with Crippen LogP contribution in [0.1, 0.15) is 4.88 Å². The van der Waals surface area contributed by atoms with Crippen molar-refractivity contribution in [1.82, 2.24) is 19.9 Å². The van der Waals surface area contributed by atoms with Gasteiger partial charge in [-0.15, -0.1) is 11.3 Å². The topological polar surface area (TPSA) is 89.6 Å². The highest BCUT2D eigenvalue weighted by molar-refractivity contribution is 7.09. The number of halogens is 1. The number of rotatable bonds is 3. The summed E-state index contributed by atoms with van der Waals surface area (Å²) in [6.07, 6.45) is 1.77. The maximum absolute atomic E-state index is 5.62. The van der Waals surface area contributed by atoms with E-state index in [1.807, 2.05) is 0 Å². The fraction of sp³-hybridized carbons (Fsp3) is 0.143. The summed E-state index contributed by atoms with van der Waals surface area (Å²) in [5, 5.41) is 3.05. The van der Waals surface area contributed by atoms with E-state index in [4.69, 9.17) is 17.3 Å². The van der Waals surface area contributed by atoms with Gasteiger partial charge < -0.3 is 11.1 Å². The Hall–Kier alpha value is -1.47. The number of nitrogens with zero attached hydrogens (tertiary/aromatic N) is 4. The van der Waals surface area contributed by atoms with Crippen molar-refractivity contribution >= 4 is 34.8 Å². The van der Waals surface area contributed by atoms with Gasteiger partial charge in [0.1, 0.15) is 0 Å². The van der Waals surface area contributed by atoms with E-state index in [2.05, 4.69) is 25.3 Å². The van der Waals surface area contributed by atoms with E-state index in [1.54, 1.807) is 23.0 Å². The molecule has 0 radical (unpaired) electrons. The molecule has 15 heavy (non-hydrogen) atoms. The van der Waals surface area contributed by atoms with E-state index in [-0.39, 0.29) is 11.2 Å². The predicted octanol–water partition coefficient (Wildman–Crippen LogP) is 1.18. The van der Waals surface area contributed by atoms with Crippen LogP contribution >= 0.6 is 22.9 Å². The molecule has 8 heteroatoms. The Morgan fingerprint density at radius 2 is 2.27 bits per heavy atom. The van der Waals surface area contributed by atoms with Gasteiger partial charge in [0.15, 0.2) is 0 Å². The Balaban J connectivity index is 2.05. The molecule has 0 fully saturated rings. The largest absolute Gasteiger partial charge is 0.368 e. The van der Waals surface area contributed by atoms with Gasteiger partial charge in [-0.05, 0) is 11.6 Å². The zero-order chi connectivity index (χ0) is 10.7. The molecule has 0 atom stereocenters. The number of hydrogen-bond donors (Lipinski definition) is 2. The molecule has 0 saturated carbocycles. The summed E-state index contributed by atoms with van der Waals surface area (Å²) in [5.74, 6) is 0.461. The number of aromatic nitrogens is 4. The Morgan fingerprint density at radius 3 is 2.93 bits per heavy atom. The zero-order valence-electron chi connectivity index (χ0n) is 7.51. The van der Waals surface area contributed by atoms with Crippen molar-refractivity contribution in [1.29, 1.82) is 0 Å². The van der Waals surface area contributed by atoms with Crippen molar-refractivity contribution in [2.75, 3.05) is 11.1 Å². The molecule has 2 aromatic heterocycles. The van der Waals surface area contributed by atoms with E-state index in [1.165, 1.54) is 0 Å². The van der Waals surface area contributed by atoms with Crippen LogP contribution in [0.25, 0.3) is 0 Å². The molecule has 0 aliphatic heterocycles. The minimum absolute atomic E-state index is 0.0781. The molecule has 0 aliphatic rings. The van der Waals surface area contributed by atoms with Gasteiger partial charge in [0, 0.05) is 11.1 Å². The number of anilines is 2. The maximum Gasteiger partial charge on any atom is 0.229 e. The average Bonchev–Trinajstić information content (AvgIpc) is 2.65. The zero-order valence-corrected chi connectivity index (χ0v) is 9.09. The van der Waals surface area contributed by atoms with E-state index in [0.717, 1.165) is 4.88 Å². The van der Waals surface area contributed by atoms with Crippen molar-refractivity contribution in [3.8, 4) is 0 Å². The molecule has 0 spiro atoms. The summed E-state index contributed by atoms with van der Waals surface area (Å²) >= 11 is 7.16. The van der Waals surface area contributed by atoms with Crippen LogP contribution in [0.3, 0.4) is 0 Å². The molecule has 3 N–H and O–H groups in total. The van der Waals surface area contributed by atoms with Crippen molar-refractivity contribution in [2.45, 2.75) is 6.54 Å². The van der Waals surface area contributed by atoms with Crippen LogP contribution in [0.15, 0.2) is 11.7 Å². The van der Waals surface area contributed by atoms with Gasteiger partial charge in [-0.3, -0.25) is 4.98 Å². The molecule has 0 unspecified atom stereocenters. The molecule has 2 aromatic rings. The van der Waals surface area contributed by atoms with Gasteiger partial charge in [0.05, 0.1) is 12.1 Å². The van der Waals surface area contributed by atoms with E-state index in [0.29, 0.717) is 12.5 Å². The second-order valence-electron chi connectivity index (χ2n) is 2.61. The SMILES string of the molecule is Nc1nc(Cl)nc(NCc2cncs2)n1. The quantitative estimate of drug-likeness (QED) is 0.840. The molecule has 0 saturated heterocycles. The first kappa shape index (κ1) is 10.1. The fourth-order valence-electron chi connectivity index (χ4n) is 0.940. The number of nitrogen functional groups attached to an aromatic ring is 1. The first-order valence-electron chi connectivity index (χ1n) is 4.02. The Bertz CT molecular complexity index is 424. The monoisotopic (exact) mass is 242 g/mol. The van der Waals surface area contributed by atoms with Crippen LogP contribution in [0.5, 0.6) is 0 Å². The molecular formula is C7H7ClN6S. The van der Waals surface area contributed by atoms with Crippen molar-refractivity contribution in [3.05, 3.63) is 21.9 Å². The first-order chi connectivity index (χ1) is 7.24. The molecule has 0 amide bonds.